The van der Waals surface area contributed by atoms with E-state index in [0.29, 0.717) is 37.9 Å². The Balaban J connectivity index is 1.35. The van der Waals surface area contributed by atoms with Crippen molar-refractivity contribution in [2.24, 2.45) is 0 Å². The average Bonchev–Trinajstić information content (AvgIpc) is 3.63. The lowest BCUT2D eigenvalue weighted by Gasteiger charge is -2.33. The molecule has 0 spiro atoms. The number of nitrogen functional groups attached to an aromatic ring is 1. The molecule has 3 aliphatic heterocycles. The van der Waals surface area contributed by atoms with E-state index >= 15 is 0 Å². The summed E-state index contributed by atoms with van der Waals surface area (Å²) in [5.41, 5.74) is 7.19. The Bertz CT molecular complexity index is 1220. The maximum absolute atomic E-state index is 14.1. The van der Waals surface area contributed by atoms with Crippen LogP contribution in [0.25, 0.3) is 0 Å². The van der Waals surface area contributed by atoms with Gasteiger partial charge >= 0.3 is 12.2 Å². The molecular formula is C28H38F3N7O. The van der Waals surface area contributed by atoms with E-state index < -0.39 is 17.7 Å². The topological polar surface area (TPSA) is 92.4 Å². The van der Waals surface area contributed by atoms with Crippen molar-refractivity contribution in [3.63, 3.8) is 0 Å². The third kappa shape index (κ3) is 4.92. The van der Waals surface area contributed by atoms with E-state index in [1.54, 1.807) is 0 Å². The maximum atomic E-state index is 14.1. The second-order valence-corrected chi connectivity index (χ2v) is 11.8. The number of rotatable bonds is 6. The quantitative estimate of drug-likeness (QED) is 0.566. The molecule has 4 aliphatic rings. The van der Waals surface area contributed by atoms with Crippen molar-refractivity contribution >= 4 is 11.6 Å². The second kappa shape index (κ2) is 10.1. The molecule has 3 fully saturated rings. The van der Waals surface area contributed by atoms with Crippen molar-refractivity contribution in [3.05, 3.63) is 34.1 Å². The summed E-state index contributed by atoms with van der Waals surface area (Å²) in [6, 6.07) is 1.92. The highest BCUT2D eigenvalue weighted by atomic mass is 19.4. The fraction of sp³-hybridized carbons (Fsp3) is 0.679. The zero-order chi connectivity index (χ0) is 27.4. The third-order valence-electron chi connectivity index (χ3n) is 9.36. The molecule has 5 heterocycles. The lowest BCUT2D eigenvalue weighted by atomic mass is 9.82. The van der Waals surface area contributed by atoms with Crippen molar-refractivity contribution in [2.75, 3.05) is 50.5 Å². The van der Waals surface area contributed by atoms with E-state index in [9.17, 15) is 13.2 Å². The molecule has 2 atom stereocenters. The molecule has 8 nitrogen and oxygen atoms in total. The first-order chi connectivity index (χ1) is 18.6. The minimum absolute atomic E-state index is 0.0214. The van der Waals surface area contributed by atoms with Gasteiger partial charge in [0.05, 0.1) is 22.5 Å². The first kappa shape index (κ1) is 26.6. The minimum Gasteiger partial charge on any atom is -0.461 e. The van der Waals surface area contributed by atoms with Crippen LogP contribution < -0.4 is 20.7 Å². The number of halogens is 3. The van der Waals surface area contributed by atoms with Gasteiger partial charge in [-0.15, -0.1) is 0 Å². The van der Waals surface area contributed by atoms with E-state index in [-0.39, 0.29) is 22.6 Å². The molecular weight excluding hydrogens is 507 g/mol. The first-order valence-electron chi connectivity index (χ1n) is 14.2. The number of nitrogens with zero attached hydrogens (tertiary/aromatic N) is 5. The molecule has 0 radical (unpaired) electrons. The number of hydrogen-bond donors (Lipinski definition) is 2. The van der Waals surface area contributed by atoms with Gasteiger partial charge in [-0.25, -0.2) is 4.98 Å². The lowest BCUT2D eigenvalue weighted by molar-refractivity contribution is -0.139. The molecule has 0 bridgehead atoms. The van der Waals surface area contributed by atoms with Crippen LogP contribution in [0.15, 0.2) is 6.07 Å². The monoisotopic (exact) mass is 545 g/mol. The first-order valence-corrected chi connectivity index (χ1v) is 14.2. The average molecular weight is 546 g/mol. The third-order valence-corrected chi connectivity index (χ3v) is 9.36. The number of anilines is 2. The molecule has 0 amide bonds. The van der Waals surface area contributed by atoms with Gasteiger partial charge in [0.2, 0.25) is 0 Å². The van der Waals surface area contributed by atoms with E-state index in [1.165, 1.54) is 25.8 Å². The van der Waals surface area contributed by atoms with Crippen LogP contribution in [0.4, 0.5) is 24.8 Å². The van der Waals surface area contributed by atoms with Gasteiger partial charge < -0.3 is 20.7 Å². The van der Waals surface area contributed by atoms with Crippen molar-refractivity contribution in [1.82, 2.24) is 25.2 Å². The summed E-state index contributed by atoms with van der Waals surface area (Å²) in [5, 5.41) is 3.42. The van der Waals surface area contributed by atoms with Gasteiger partial charge in [0.25, 0.3) is 0 Å². The van der Waals surface area contributed by atoms with E-state index in [4.69, 9.17) is 20.4 Å². The number of likely N-dealkylation sites (N-methyl/N-ethyl adjacent to an activating group) is 1. The summed E-state index contributed by atoms with van der Waals surface area (Å²) in [4.78, 5) is 18.7. The predicted octanol–water partition coefficient (Wildman–Crippen LogP) is 3.86. The number of aromatic nitrogens is 3. The van der Waals surface area contributed by atoms with Gasteiger partial charge in [0.15, 0.2) is 0 Å². The molecule has 11 heteroatoms. The van der Waals surface area contributed by atoms with E-state index in [2.05, 4.69) is 27.1 Å². The lowest BCUT2D eigenvalue weighted by Crippen LogP contribution is -2.43. The van der Waals surface area contributed by atoms with Gasteiger partial charge in [-0.3, -0.25) is 4.90 Å². The van der Waals surface area contributed by atoms with Crippen LogP contribution in [-0.4, -0.2) is 71.3 Å². The van der Waals surface area contributed by atoms with Crippen LogP contribution >= 0.6 is 0 Å². The minimum atomic E-state index is -4.51. The number of fused-ring (bicyclic) bond motifs is 2. The van der Waals surface area contributed by atoms with E-state index in [1.807, 2.05) is 0 Å². The van der Waals surface area contributed by atoms with Crippen molar-refractivity contribution < 1.29 is 17.9 Å². The Labute approximate surface area is 227 Å². The normalized spacial score (nSPS) is 24.5. The van der Waals surface area contributed by atoms with Gasteiger partial charge in [-0.2, -0.15) is 23.1 Å². The van der Waals surface area contributed by atoms with Crippen molar-refractivity contribution in [1.29, 1.82) is 0 Å². The number of alkyl halides is 3. The van der Waals surface area contributed by atoms with Gasteiger partial charge in [0, 0.05) is 31.1 Å². The Morgan fingerprint density at radius 3 is 2.64 bits per heavy atom. The van der Waals surface area contributed by atoms with Crippen LogP contribution in [0.3, 0.4) is 0 Å². The molecule has 0 saturated carbocycles. The molecule has 3 saturated heterocycles. The van der Waals surface area contributed by atoms with Gasteiger partial charge in [0.1, 0.15) is 18.2 Å². The fourth-order valence-electron chi connectivity index (χ4n) is 7.35. The molecule has 2 aromatic rings. The molecule has 39 heavy (non-hydrogen) atoms. The molecule has 1 aliphatic carbocycles. The zero-order valence-corrected chi connectivity index (χ0v) is 22.8. The summed E-state index contributed by atoms with van der Waals surface area (Å²) in [6.07, 6.45) is 2.51. The number of hydrogen-bond acceptors (Lipinski definition) is 8. The number of pyridine rings is 1. The van der Waals surface area contributed by atoms with Gasteiger partial charge in [-0.05, 0) is 89.6 Å². The molecule has 0 aromatic carbocycles. The standard InChI is InChI=1S/C28H38F3N7O/c1-17-13-22(32)35-24(23(17)28(29,30)31)18-5-6-20-21(14-18)34-26(36-25(20)37(2)19-7-10-33-15-19)39-16-27-8-3-11-38(27)12-4-9-27/h13,18-19,33H,3-12,14-16H2,1-2H3,(H2,32,35)/t18-,19+/m0/s1. The molecule has 212 valence electrons. The SMILES string of the molecule is Cc1cc(N)nc([C@H]2CCc3c(nc(OCC45CCCN4CCC5)nc3N(C)[C@@H]3CCNC3)C2)c1C(F)(F)F. The molecule has 2 aromatic heterocycles. The van der Waals surface area contributed by atoms with Crippen LogP contribution in [0.5, 0.6) is 6.01 Å². The maximum Gasteiger partial charge on any atom is 0.418 e. The summed E-state index contributed by atoms with van der Waals surface area (Å²) < 4.78 is 48.7. The summed E-state index contributed by atoms with van der Waals surface area (Å²) in [6.45, 7) is 6.02. The predicted molar refractivity (Wildman–Crippen MR) is 143 cm³/mol. The van der Waals surface area contributed by atoms with Crippen LogP contribution in [0.1, 0.15) is 72.5 Å². The molecule has 0 unspecified atom stereocenters. The Morgan fingerprint density at radius 2 is 1.95 bits per heavy atom. The number of ether oxygens (including phenoxy) is 1. The summed E-state index contributed by atoms with van der Waals surface area (Å²) in [5.74, 6) is 0.505. The number of aryl methyl sites for hydroxylation is 1. The van der Waals surface area contributed by atoms with Crippen LogP contribution in [0.2, 0.25) is 0 Å². The Hall–Kier alpha value is -2.66. The Kier molecular flexibility index (Phi) is 6.86. The zero-order valence-electron chi connectivity index (χ0n) is 22.8. The van der Waals surface area contributed by atoms with Crippen LogP contribution in [-0.2, 0) is 19.0 Å². The number of nitrogens with one attached hydrogen (secondary N) is 1. The molecule has 6 rings (SSSR count). The Morgan fingerprint density at radius 1 is 1.18 bits per heavy atom. The van der Waals surface area contributed by atoms with Crippen molar-refractivity contribution in [2.45, 2.75) is 82.0 Å². The highest BCUT2D eigenvalue weighted by Gasteiger charge is 2.45. The van der Waals surface area contributed by atoms with Crippen LogP contribution in [0, 0.1) is 6.92 Å². The highest BCUT2D eigenvalue weighted by molar-refractivity contribution is 5.53. The largest absolute Gasteiger partial charge is 0.461 e. The summed E-state index contributed by atoms with van der Waals surface area (Å²) in [7, 11) is 2.05. The smallest absolute Gasteiger partial charge is 0.418 e. The highest BCUT2D eigenvalue weighted by Crippen LogP contribution is 2.43. The number of nitrogens with two attached hydrogens (primary N) is 1. The van der Waals surface area contributed by atoms with Crippen molar-refractivity contribution in [3.8, 4) is 6.01 Å². The fourth-order valence-corrected chi connectivity index (χ4v) is 7.35. The van der Waals surface area contributed by atoms with Gasteiger partial charge in [-0.1, -0.05) is 0 Å². The summed E-state index contributed by atoms with van der Waals surface area (Å²) >= 11 is 0. The second-order valence-electron chi connectivity index (χ2n) is 11.8. The molecule has 3 N–H and O–H groups in total. The van der Waals surface area contributed by atoms with E-state index in [0.717, 1.165) is 62.5 Å².